The minimum atomic E-state index is -0.634. The highest BCUT2D eigenvalue weighted by atomic mass is 32.1. The Bertz CT molecular complexity index is 711. The van der Waals surface area contributed by atoms with E-state index in [1.54, 1.807) is 17.0 Å². The number of methoxy groups -OCH3 is 2. The second-order valence-electron chi connectivity index (χ2n) is 5.09. The first-order chi connectivity index (χ1) is 10.7. The van der Waals surface area contributed by atoms with Gasteiger partial charge in [0.25, 0.3) is 5.91 Å². The lowest BCUT2D eigenvalue weighted by Gasteiger charge is -2.41. The monoisotopic (exact) mass is 321 g/mol. The highest BCUT2D eigenvalue weighted by molar-refractivity contribution is 7.00. The number of hydrogen-bond donors (Lipinski definition) is 0. The van der Waals surface area contributed by atoms with E-state index in [0.29, 0.717) is 24.2 Å². The first-order valence-corrected chi connectivity index (χ1v) is 7.50. The third-order valence-electron chi connectivity index (χ3n) is 3.83. The molecular weight excluding hydrogens is 306 g/mol. The highest BCUT2D eigenvalue weighted by Gasteiger charge is 2.41. The van der Waals surface area contributed by atoms with Gasteiger partial charge in [0.05, 0.1) is 24.4 Å². The van der Waals surface area contributed by atoms with E-state index in [1.807, 2.05) is 6.07 Å². The fourth-order valence-corrected chi connectivity index (χ4v) is 3.17. The molecule has 0 spiro atoms. The van der Waals surface area contributed by atoms with Gasteiger partial charge in [0.1, 0.15) is 11.0 Å². The number of rotatable bonds is 4. The quantitative estimate of drug-likeness (QED) is 0.780. The standard InChI is InChI=1S/C14H15N3O4S/c1-20-12(14(19)21-2)8-6-17(7-8)13(18)9-4-3-5-10-11(9)16-22-15-10/h3-5,8,12H,6-7H2,1-2H3. The van der Waals surface area contributed by atoms with E-state index in [-0.39, 0.29) is 11.8 Å². The van der Waals surface area contributed by atoms with E-state index in [4.69, 9.17) is 9.47 Å². The Hall–Kier alpha value is -2.06. The number of benzene rings is 1. The minimum absolute atomic E-state index is 0.0471. The topological polar surface area (TPSA) is 81.6 Å². The lowest BCUT2D eigenvalue weighted by atomic mass is 9.92. The van der Waals surface area contributed by atoms with Crippen molar-refractivity contribution in [2.75, 3.05) is 27.3 Å². The first kappa shape index (κ1) is 14.9. The van der Waals surface area contributed by atoms with Crippen molar-refractivity contribution in [2.24, 2.45) is 5.92 Å². The number of amides is 1. The molecule has 0 aliphatic carbocycles. The van der Waals surface area contributed by atoms with Crippen molar-refractivity contribution in [1.29, 1.82) is 0 Å². The zero-order valence-electron chi connectivity index (χ0n) is 12.2. The van der Waals surface area contributed by atoms with Crippen molar-refractivity contribution in [1.82, 2.24) is 13.6 Å². The fraction of sp³-hybridized carbons (Fsp3) is 0.429. The number of aromatic nitrogens is 2. The Morgan fingerprint density at radius 3 is 2.77 bits per heavy atom. The molecule has 2 aromatic rings. The molecule has 2 heterocycles. The Morgan fingerprint density at radius 1 is 1.32 bits per heavy atom. The normalized spacial score (nSPS) is 16.4. The van der Waals surface area contributed by atoms with Crippen molar-refractivity contribution < 1.29 is 19.1 Å². The van der Waals surface area contributed by atoms with E-state index in [9.17, 15) is 9.59 Å². The summed E-state index contributed by atoms with van der Waals surface area (Å²) in [5.41, 5.74) is 1.88. The summed E-state index contributed by atoms with van der Waals surface area (Å²) in [6.07, 6.45) is -0.634. The Labute approximate surface area is 131 Å². The van der Waals surface area contributed by atoms with Gasteiger partial charge in [0, 0.05) is 26.1 Å². The maximum Gasteiger partial charge on any atom is 0.335 e. The molecule has 0 radical (unpaired) electrons. The number of nitrogens with zero attached hydrogens (tertiary/aromatic N) is 3. The van der Waals surface area contributed by atoms with Gasteiger partial charge in [0.2, 0.25) is 0 Å². The second-order valence-corrected chi connectivity index (χ2v) is 5.62. The number of likely N-dealkylation sites (tertiary alicyclic amines) is 1. The predicted molar refractivity (Wildman–Crippen MR) is 79.6 cm³/mol. The molecular formula is C14H15N3O4S. The molecule has 1 aromatic heterocycles. The smallest absolute Gasteiger partial charge is 0.335 e. The van der Waals surface area contributed by atoms with Gasteiger partial charge < -0.3 is 14.4 Å². The van der Waals surface area contributed by atoms with Gasteiger partial charge in [-0.25, -0.2) is 4.79 Å². The molecule has 0 bridgehead atoms. The van der Waals surface area contributed by atoms with Crippen LogP contribution in [0.3, 0.4) is 0 Å². The molecule has 0 saturated carbocycles. The minimum Gasteiger partial charge on any atom is -0.467 e. The van der Waals surface area contributed by atoms with Crippen molar-refractivity contribution in [2.45, 2.75) is 6.10 Å². The van der Waals surface area contributed by atoms with Crippen LogP contribution in [0.25, 0.3) is 11.0 Å². The third-order valence-corrected chi connectivity index (χ3v) is 4.37. The van der Waals surface area contributed by atoms with Crippen LogP contribution in [-0.4, -0.2) is 58.9 Å². The predicted octanol–water partition coefficient (Wildman–Crippen LogP) is 0.951. The van der Waals surface area contributed by atoms with Crippen LogP contribution in [0.1, 0.15) is 10.4 Å². The lowest BCUT2D eigenvalue weighted by molar-refractivity contribution is -0.159. The summed E-state index contributed by atoms with van der Waals surface area (Å²) < 4.78 is 18.2. The number of fused-ring (bicyclic) bond motifs is 1. The summed E-state index contributed by atoms with van der Waals surface area (Å²) in [6, 6.07) is 5.36. The molecule has 1 amide bonds. The van der Waals surface area contributed by atoms with Crippen molar-refractivity contribution >= 4 is 34.6 Å². The van der Waals surface area contributed by atoms with E-state index < -0.39 is 12.1 Å². The molecule has 1 atom stereocenters. The highest BCUT2D eigenvalue weighted by Crippen LogP contribution is 2.26. The number of hydrogen-bond acceptors (Lipinski definition) is 7. The molecule has 1 aliphatic heterocycles. The summed E-state index contributed by atoms with van der Waals surface area (Å²) in [6.45, 7) is 0.917. The van der Waals surface area contributed by atoms with Gasteiger partial charge in [-0.1, -0.05) is 6.07 Å². The molecule has 1 aliphatic rings. The van der Waals surface area contributed by atoms with Crippen LogP contribution in [0, 0.1) is 5.92 Å². The molecule has 1 saturated heterocycles. The Kier molecular flexibility index (Phi) is 4.04. The maximum atomic E-state index is 12.5. The van der Waals surface area contributed by atoms with Crippen LogP contribution in [0.15, 0.2) is 18.2 Å². The van der Waals surface area contributed by atoms with Gasteiger partial charge in [0.15, 0.2) is 6.10 Å². The Balaban J connectivity index is 1.71. The second kappa shape index (κ2) is 5.98. The van der Waals surface area contributed by atoms with Crippen LogP contribution in [0.4, 0.5) is 0 Å². The van der Waals surface area contributed by atoms with Gasteiger partial charge in [-0.3, -0.25) is 4.79 Å². The fourth-order valence-electron chi connectivity index (χ4n) is 2.62. The average molecular weight is 321 g/mol. The van der Waals surface area contributed by atoms with Crippen molar-refractivity contribution in [3.8, 4) is 0 Å². The summed E-state index contributed by atoms with van der Waals surface area (Å²) in [5.74, 6) is -0.561. The average Bonchev–Trinajstić information content (AvgIpc) is 2.97. The van der Waals surface area contributed by atoms with E-state index >= 15 is 0 Å². The molecule has 7 nitrogen and oxygen atoms in total. The molecule has 0 N–H and O–H groups in total. The van der Waals surface area contributed by atoms with Gasteiger partial charge in [-0.05, 0) is 12.1 Å². The summed E-state index contributed by atoms with van der Waals surface area (Å²) >= 11 is 1.09. The van der Waals surface area contributed by atoms with Gasteiger partial charge in [-0.2, -0.15) is 8.75 Å². The summed E-state index contributed by atoms with van der Waals surface area (Å²) in [4.78, 5) is 25.8. The van der Waals surface area contributed by atoms with Crippen LogP contribution in [-0.2, 0) is 14.3 Å². The summed E-state index contributed by atoms with van der Waals surface area (Å²) in [7, 11) is 2.79. The summed E-state index contributed by atoms with van der Waals surface area (Å²) in [5, 5.41) is 0. The molecule has 1 fully saturated rings. The van der Waals surface area contributed by atoms with Crippen LogP contribution in [0.5, 0.6) is 0 Å². The Morgan fingerprint density at radius 2 is 2.09 bits per heavy atom. The van der Waals surface area contributed by atoms with E-state index in [0.717, 1.165) is 17.2 Å². The van der Waals surface area contributed by atoms with E-state index in [1.165, 1.54) is 14.2 Å². The molecule has 3 rings (SSSR count). The third kappa shape index (κ3) is 2.44. The molecule has 8 heteroatoms. The van der Waals surface area contributed by atoms with Crippen LogP contribution in [0.2, 0.25) is 0 Å². The SMILES string of the molecule is COC(=O)C(OC)C1CN(C(=O)c2cccc3nsnc23)C1. The number of ether oxygens (including phenoxy) is 2. The number of esters is 1. The molecule has 22 heavy (non-hydrogen) atoms. The van der Waals surface area contributed by atoms with Crippen LogP contribution < -0.4 is 0 Å². The zero-order chi connectivity index (χ0) is 15.7. The largest absolute Gasteiger partial charge is 0.467 e. The number of carbonyl (C=O) groups is 2. The van der Waals surface area contributed by atoms with Crippen molar-refractivity contribution in [3.63, 3.8) is 0 Å². The van der Waals surface area contributed by atoms with Crippen molar-refractivity contribution in [3.05, 3.63) is 23.8 Å². The molecule has 1 aromatic carbocycles. The molecule has 116 valence electrons. The van der Waals surface area contributed by atoms with E-state index in [2.05, 4.69) is 8.75 Å². The molecule has 1 unspecified atom stereocenters. The number of carbonyl (C=O) groups excluding carboxylic acids is 2. The lowest BCUT2D eigenvalue weighted by Crippen LogP contribution is -2.56. The van der Waals surface area contributed by atoms with Gasteiger partial charge >= 0.3 is 5.97 Å². The van der Waals surface area contributed by atoms with Crippen LogP contribution >= 0.6 is 11.7 Å². The maximum absolute atomic E-state index is 12.5. The zero-order valence-corrected chi connectivity index (χ0v) is 13.0. The first-order valence-electron chi connectivity index (χ1n) is 6.77. The van der Waals surface area contributed by atoms with Gasteiger partial charge in [-0.15, -0.1) is 0 Å².